The molecule has 142 valence electrons. The molecule has 0 aromatic heterocycles. The second-order valence-corrected chi connectivity index (χ2v) is 5.90. The molecule has 0 spiro atoms. The van der Waals surface area contributed by atoms with Gasteiger partial charge < -0.3 is 15.4 Å². The molecule has 0 fully saturated rings. The van der Waals surface area contributed by atoms with Gasteiger partial charge in [-0.3, -0.25) is 9.59 Å². The maximum atomic E-state index is 13.5. The lowest BCUT2D eigenvalue weighted by molar-refractivity contribution is 0.0947. The number of amides is 2. The predicted octanol–water partition coefficient (Wildman–Crippen LogP) is 3.89. The molecule has 0 unspecified atom stereocenters. The Balaban J connectivity index is 1.58. The van der Waals surface area contributed by atoms with Crippen LogP contribution in [0.15, 0.2) is 78.9 Å². The standard InChI is InChI=1S/C22H19FN2O3/c23-18-11-5-7-13-20(18)28-15-14-24-22(27)17-10-4-6-12-19(17)25-21(26)16-8-2-1-3-9-16/h1-13H,14-15H2,(H,24,27)(H,25,26). The van der Waals surface area contributed by atoms with Crippen LogP contribution in [-0.2, 0) is 0 Å². The van der Waals surface area contributed by atoms with Crippen molar-refractivity contribution < 1.29 is 18.7 Å². The molecule has 0 aliphatic heterocycles. The number of halogens is 1. The number of ether oxygens (including phenoxy) is 1. The van der Waals surface area contributed by atoms with E-state index in [0.29, 0.717) is 16.8 Å². The fourth-order valence-electron chi connectivity index (χ4n) is 2.56. The van der Waals surface area contributed by atoms with Crippen molar-refractivity contribution in [2.75, 3.05) is 18.5 Å². The number of carbonyl (C=O) groups is 2. The highest BCUT2D eigenvalue weighted by Crippen LogP contribution is 2.17. The molecular weight excluding hydrogens is 359 g/mol. The molecule has 0 radical (unpaired) electrons. The Kier molecular flexibility index (Phi) is 6.36. The van der Waals surface area contributed by atoms with E-state index < -0.39 is 5.82 Å². The maximum absolute atomic E-state index is 13.5. The van der Waals surface area contributed by atoms with Crippen LogP contribution in [0, 0.1) is 5.82 Å². The third kappa shape index (κ3) is 4.94. The number of para-hydroxylation sites is 2. The molecule has 28 heavy (non-hydrogen) atoms. The Morgan fingerprint density at radius 1 is 0.821 bits per heavy atom. The Labute approximate surface area is 162 Å². The SMILES string of the molecule is O=C(Nc1ccccc1C(=O)NCCOc1ccccc1F)c1ccccc1. The molecule has 3 aromatic rings. The average Bonchev–Trinajstić information content (AvgIpc) is 2.73. The van der Waals surface area contributed by atoms with Crippen LogP contribution in [0.2, 0.25) is 0 Å². The van der Waals surface area contributed by atoms with Crippen LogP contribution in [0.4, 0.5) is 10.1 Å². The van der Waals surface area contributed by atoms with Gasteiger partial charge in [-0.2, -0.15) is 0 Å². The van der Waals surface area contributed by atoms with Crippen molar-refractivity contribution in [3.8, 4) is 5.75 Å². The molecule has 3 rings (SSSR count). The Bertz CT molecular complexity index is 961. The first-order valence-electron chi connectivity index (χ1n) is 8.76. The number of benzene rings is 3. The number of hydrogen-bond acceptors (Lipinski definition) is 3. The normalized spacial score (nSPS) is 10.2. The molecule has 5 nitrogen and oxygen atoms in total. The minimum Gasteiger partial charge on any atom is -0.489 e. The summed E-state index contributed by atoms with van der Waals surface area (Å²) in [5.41, 5.74) is 1.23. The summed E-state index contributed by atoms with van der Waals surface area (Å²) in [4.78, 5) is 24.8. The summed E-state index contributed by atoms with van der Waals surface area (Å²) in [6.07, 6.45) is 0. The third-order valence-corrected chi connectivity index (χ3v) is 3.94. The summed E-state index contributed by atoms with van der Waals surface area (Å²) >= 11 is 0. The van der Waals surface area contributed by atoms with Crippen LogP contribution in [0.1, 0.15) is 20.7 Å². The van der Waals surface area contributed by atoms with E-state index in [2.05, 4.69) is 10.6 Å². The monoisotopic (exact) mass is 378 g/mol. The van der Waals surface area contributed by atoms with E-state index in [1.165, 1.54) is 12.1 Å². The number of anilines is 1. The molecule has 0 saturated heterocycles. The average molecular weight is 378 g/mol. The first kappa shape index (κ1) is 19.1. The van der Waals surface area contributed by atoms with Gasteiger partial charge in [0.2, 0.25) is 0 Å². The van der Waals surface area contributed by atoms with E-state index in [1.54, 1.807) is 60.7 Å². The summed E-state index contributed by atoms with van der Waals surface area (Å²) in [6.45, 7) is 0.305. The lowest BCUT2D eigenvalue weighted by Crippen LogP contribution is -2.29. The van der Waals surface area contributed by atoms with Gasteiger partial charge >= 0.3 is 0 Å². The van der Waals surface area contributed by atoms with E-state index >= 15 is 0 Å². The van der Waals surface area contributed by atoms with Crippen molar-refractivity contribution in [3.63, 3.8) is 0 Å². The summed E-state index contributed by atoms with van der Waals surface area (Å²) < 4.78 is 18.8. The third-order valence-electron chi connectivity index (χ3n) is 3.94. The van der Waals surface area contributed by atoms with Gasteiger partial charge in [-0.05, 0) is 36.4 Å². The summed E-state index contributed by atoms with van der Waals surface area (Å²) in [5, 5.41) is 5.46. The molecular formula is C22H19FN2O3. The van der Waals surface area contributed by atoms with E-state index in [0.717, 1.165) is 0 Å². The lowest BCUT2D eigenvalue weighted by Gasteiger charge is -2.12. The van der Waals surface area contributed by atoms with E-state index in [9.17, 15) is 14.0 Å². The highest BCUT2D eigenvalue weighted by molar-refractivity contribution is 6.08. The van der Waals surface area contributed by atoms with Gasteiger partial charge in [0.25, 0.3) is 11.8 Å². The molecule has 0 aliphatic rings. The molecule has 0 aliphatic carbocycles. The highest BCUT2D eigenvalue weighted by Gasteiger charge is 2.13. The van der Waals surface area contributed by atoms with Crippen molar-refractivity contribution in [1.82, 2.24) is 5.32 Å². The van der Waals surface area contributed by atoms with Gasteiger partial charge in [-0.1, -0.05) is 42.5 Å². The van der Waals surface area contributed by atoms with E-state index in [4.69, 9.17) is 4.74 Å². The predicted molar refractivity (Wildman–Crippen MR) is 105 cm³/mol. The molecule has 0 heterocycles. The van der Waals surface area contributed by atoms with Crippen molar-refractivity contribution in [1.29, 1.82) is 0 Å². The summed E-state index contributed by atoms with van der Waals surface area (Å²) in [6, 6.07) is 21.5. The van der Waals surface area contributed by atoms with Gasteiger partial charge in [-0.15, -0.1) is 0 Å². The van der Waals surface area contributed by atoms with Gasteiger partial charge in [0, 0.05) is 5.56 Å². The quantitative estimate of drug-likeness (QED) is 0.613. The molecule has 3 aromatic carbocycles. The van der Waals surface area contributed by atoms with Crippen molar-refractivity contribution in [2.45, 2.75) is 0 Å². The van der Waals surface area contributed by atoms with Crippen LogP contribution in [-0.4, -0.2) is 25.0 Å². The second-order valence-electron chi connectivity index (χ2n) is 5.90. The summed E-state index contributed by atoms with van der Waals surface area (Å²) in [7, 11) is 0. The number of carbonyl (C=O) groups excluding carboxylic acids is 2. The van der Waals surface area contributed by atoms with Crippen LogP contribution < -0.4 is 15.4 Å². The van der Waals surface area contributed by atoms with Gasteiger partial charge in [0.15, 0.2) is 11.6 Å². The smallest absolute Gasteiger partial charge is 0.255 e. The Morgan fingerprint density at radius 3 is 2.29 bits per heavy atom. The van der Waals surface area contributed by atoms with Crippen molar-refractivity contribution >= 4 is 17.5 Å². The minimum atomic E-state index is -0.456. The second kappa shape index (κ2) is 9.32. The first-order chi connectivity index (χ1) is 13.6. The molecule has 2 amide bonds. The van der Waals surface area contributed by atoms with Gasteiger partial charge in [0.1, 0.15) is 6.61 Å². The molecule has 6 heteroatoms. The highest BCUT2D eigenvalue weighted by atomic mass is 19.1. The Morgan fingerprint density at radius 2 is 1.50 bits per heavy atom. The van der Waals surface area contributed by atoms with Crippen LogP contribution in [0.25, 0.3) is 0 Å². The zero-order valence-corrected chi connectivity index (χ0v) is 15.0. The minimum absolute atomic E-state index is 0.116. The molecule has 2 N–H and O–H groups in total. The van der Waals surface area contributed by atoms with E-state index in [-0.39, 0.29) is 30.7 Å². The largest absolute Gasteiger partial charge is 0.489 e. The zero-order chi connectivity index (χ0) is 19.8. The van der Waals surface area contributed by atoms with E-state index in [1.807, 2.05) is 6.07 Å². The van der Waals surface area contributed by atoms with Crippen LogP contribution >= 0.6 is 0 Å². The summed E-state index contributed by atoms with van der Waals surface area (Å²) in [5.74, 6) is -0.986. The number of nitrogens with one attached hydrogen (secondary N) is 2. The van der Waals surface area contributed by atoms with Crippen LogP contribution in [0.3, 0.4) is 0 Å². The van der Waals surface area contributed by atoms with Gasteiger partial charge in [-0.25, -0.2) is 4.39 Å². The first-order valence-corrected chi connectivity index (χ1v) is 8.76. The fourth-order valence-corrected chi connectivity index (χ4v) is 2.56. The number of hydrogen-bond donors (Lipinski definition) is 2. The van der Waals surface area contributed by atoms with Crippen molar-refractivity contribution in [3.05, 3.63) is 95.8 Å². The maximum Gasteiger partial charge on any atom is 0.255 e. The Hall–Kier alpha value is -3.67. The molecule has 0 saturated carbocycles. The van der Waals surface area contributed by atoms with Gasteiger partial charge in [0.05, 0.1) is 17.8 Å². The number of rotatable bonds is 7. The fraction of sp³-hybridized carbons (Fsp3) is 0.0909. The molecule has 0 atom stereocenters. The molecule has 0 bridgehead atoms. The zero-order valence-electron chi connectivity index (χ0n) is 15.0. The topological polar surface area (TPSA) is 67.4 Å². The van der Waals surface area contributed by atoms with Crippen molar-refractivity contribution in [2.24, 2.45) is 0 Å². The lowest BCUT2D eigenvalue weighted by atomic mass is 10.1. The van der Waals surface area contributed by atoms with Crippen LogP contribution in [0.5, 0.6) is 5.75 Å².